The molecule has 0 bridgehead atoms. The second kappa shape index (κ2) is 9.31. The maximum Gasteiger partial charge on any atom is 0.327 e. The van der Waals surface area contributed by atoms with Gasteiger partial charge in [0.15, 0.2) is 5.13 Å². The smallest absolute Gasteiger partial charge is 0.327 e. The fraction of sp³-hybridized carbons (Fsp3) is 0.136. The highest BCUT2D eigenvalue weighted by Gasteiger charge is 2.12. The Balaban J connectivity index is 1.41. The summed E-state index contributed by atoms with van der Waals surface area (Å²) in [6.45, 7) is 3.71. The van der Waals surface area contributed by atoms with E-state index in [9.17, 15) is 4.79 Å². The average molecular weight is 433 g/mol. The first-order chi connectivity index (χ1) is 15.0. The number of hydrogen-bond acceptors (Lipinski definition) is 8. The van der Waals surface area contributed by atoms with Crippen LogP contribution in [0.4, 0.5) is 16.8 Å². The zero-order valence-electron chi connectivity index (χ0n) is 17.0. The number of nitrogens with one attached hydrogen (secondary N) is 2. The summed E-state index contributed by atoms with van der Waals surface area (Å²) in [5.74, 6) is 1.41. The Morgan fingerprint density at radius 1 is 1.00 bits per heavy atom. The monoisotopic (exact) mass is 432 g/mol. The average Bonchev–Trinajstić information content (AvgIpc) is 3.16. The zero-order valence-corrected chi connectivity index (χ0v) is 17.8. The van der Waals surface area contributed by atoms with Gasteiger partial charge in [-0.2, -0.15) is 15.0 Å². The summed E-state index contributed by atoms with van der Waals surface area (Å²) in [5, 5.41) is 6.50. The molecule has 0 saturated carbocycles. The summed E-state index contributed by atoms with van der Waals surface area (Å²) < 4.78 is 5.81. The maximum atomic E-state index is 12.2. The van der Waals surface area contributed by atoms with Gasteiger partial charge < -0.3 is 10.1 Å². The Kier molecular flexibility index (Phi) is 6.13. The number of carbonyl (C=O) groups is 1. The maximum absolute atomic E-state index is 12.2. The molecule has 0 radical (unpaired) electrons. The highest BCUT2D eigenvalue weighted by molar-refractivity contribution is 7.15. The van der Waals surface area contributed by atoms with Crippen LogP contribution < -0.4 is 15.4 Å². The Morgan fingerprint density at radius 3 is 2.58 bits per heavy atom. The number of carbonyl (C=O) groups excluding carboxylic acids is 1. The van der Waals surface area contributed by atoms with Gasteiger partial charge in [-0.1, -0.05) is 36.4 Å². The molecule has 1 amide bonds. The molecule has 8 nitrogen and oxygen atoms in total. The normalized spacial score (nSPS) is 10.5. The van der Waals surface area contributed by atoms with E-state index in [4.69, 9.17) is 4.74 Å². The van der Waals surface area contributed by atoms with E-state index in [1.807, 2.05) is 61.5 Å². The number of aryl methyl sites for hydroxylation is 2. The van der Waals surface area contributed by atoms with Crippen LogP contribution in [0.5, 0.6) is 11.8 Å². The van der Waals surface area contributed by atoms with Crippen LogP contribution in [0.25, 0.3) is 0 Å². The van der Waals surface area contributed by atoms with Crippen LogP contribution in [-0.4, -0.2) is 25.8 Å². The van der Waals surface area contributed by atoms with E-state index in [0.29, 0.717) is 22.7 Å². The third kappa shape index (κ3) is 5.61. The third-order valence-corrected chi connectivity index (χ3v) is 5.10. The predicted molar refractivity (Wildman–Crippen MR) is 120 cm³/mol. The molecule has 0 atom stereocenters. The first-order valence-corrected chi connectivity index (χ1v) is 10.4. The van der Waals surface area contributed by atoms with Gasteiger partial charge in [-0.25, -0.2) is 4.98 Å². The number of thiazole rings is 1. The number of anilines is 3. The molecule has 4 rings (SSSR count). The molecule has 0 unspecified atom stereocenters. The summed E-state index contributed by atoms with van der Waals surface area (Å²) in [4.78, 5) is 30.2. The number of rotatable bonds is 7. The third-order valence-electron chi connectivity index (χ3n) is 4.19. The zero-order chi connectivity index (χ0) is 21.6. The second-order valence-electron chi connectivity index (χ2n) is 6.70. The Labute approximate surface area is 183 Å². The molecule has 0 saturated heterocycles. The van der Waals surface area contributed by atoms with E-state index in [-0.39, 0.29) is 18.3 Å². The lowest BCUT2D eigenvalue weighted by molar-refractivity contribution is -0.115. The van der Waals surface area contributed by atoms with Gasteiger partial charge in [0.25, 0.3) is 0 Å². The fourth-order valence-electron chi connectivity index (χ4n) is 2.76. The van der Waals surface area contributed by atoms with E-state index in [1.54, 1.807) is 13.1 Å². The van der Waals surface area contributed by atoms with Crippen molar-refractivity contribution in [3.05, 3.63) is 77.1 Å². The van der Waals surface area contributed by atoms with Crippen LogP contribution in [0, 0.1) is 13.8 Å². The van der Waals surface area contributed by atoms with Gasteiger partial charge >= 0.3 is 6.01 Å². The fourth-order valence-corrected chi connectivity index (χ4v) is 3.56. The highest BCUT2D eigenvalue weighted by Crippen LogP contribution is 2.25. The Morgan fingerprint density at radius 2 is 1.77 bits per heavy atom. The first kappa shape index (κ1) is 20.4. The number of para-hydroxylation sites is 2. The van der Waals surface area contributed by atoms with Gasteiger partial charge in [0.2, 0.25) is 11.9 Å². The summed E-state index contributed by atoms with van der Waals surface area (Å²) in [6.07, 6.45) is 1.89. The van der Waals surface area contributed by atoms with Crippen LogP contribution in [0.1, 0.15) is 16.3 Å². The number of ether oxygens (including phenoxy) is 1. The molecule has 156 valence electrons. The van der Waals surface area contributed by atoms with Crippen molar-refractivity contribution in [3.63, 3.8) is 0 Å². The number of aromatic nitrogens is 4. The van der Waals surface area contributed by atoms with E-state index in [2.05, 4.69) is 30.6 Å². The van der Waals surface area contributed by atoms with Gasteiger partial charge in [-0.15, -0.1) is 11.3 Å². The van der Waals surface area contributed by atoms with E-state index < -0.39 is 0 Å². The summed E-state index contributed by atoms with van der Waals surface area (Å²) in [7, 11) is 0. The van der Waals surface area contributed by atoms with Gasteiger partial charge in [0.1, 0.15) is 11.6 Å². The van der Waals surface area contributed by atoms with Crippen LogP contribution in [0.2, 0.25) is 0 Å². The lowest BCUT2D eigenvalue weighted by Gasteiger charge is -2.08. The Hall–Kier alpha value is -3.85. The number of amides is 1. The summed E-state index contributed by atoms with van der Waals surface area (Å²) in [5.41, 5.74) is 1.74. The molecular formula is C22H20N6O2S. The molecule has 2 N–H and O–H groups in total. The molecule has 9 heteroatoms. The molecule has 0 aliphatic rings. The lowest BCUT2D eigenvalue weighted by Crippen LogP contribution is -2.13. The molecule has 0 spiro atoms. The minimum Gasteiger partial charge on any atom is -0.424 e. The summed E-state index contributed by atoms with van der Waals surface area (Å²) in [6, 6.07) is 17.2. The van der Waals surface area contributed by atoms with Crippen LogP contribution in [-0.2, 0) is 11.2 Å². The standard InChI is InChI=1S/C22H20N6O2S/c1-14-8-6-7-11-18(14)30-21-25-15(2)24-20(27-21)28-22-23-13-17(31-22)12-19(29)26-16-9-4-3-5-10-16/h3-11,13H,12H2,1-2H3,(H,26,29)(H,23,24,25,27,28). The predicted octanol–water partition coefficient (Wildman–Crippen LogP) is 4.66. The van der Waals surface area contributed by atoms with E-state index >= 15 is 0 Å². The molecule has 31 heavy (non-hydrogen) atoms. The first-order valence-electron chi connectivity index (χ1n) is 9.58. The van der Waals surface area contributed by atoms with Crippen molar-refractivity contribution in [2.75, 3.05) is 10.6 Å². The van der Waals surface area contributed by atoms with Crippen LogP contribution in [0.3, 0.4) is 0 Å². The van der Waals surface area contributed by atoms with Crippen molar-refractivity contribution < 1.29 is 9.53 Å². The molecule has 0 aliphatic carbocycles. The van der Waals surface area contributed by atoms with Gasteiger partial charge in [0, 0.05) is 16.8 Å². The topological polar surface area (TPSA) is 102 Å². The molecule has 2 heterocycles. The van der Waals surface area contributed by atoms with Crippen LogP contribution >= 0.6 is 11.3 Å². The lowest BCUT2D eigenvalue weighted by atomic mass is 10.2. The molecule has 0 fully saturated rings. The van der Waals surface area contributed by atoms with Crippen molar-refractivity contribution in [1.82, 2.24) is 19.9 Å². The largest absolute Gasteiger partial charge is 0.424 e. The Bertz CT molecular complexity index is 1200. The van der Waals surface area contributed by atoms with Crippen molar-refractivity contribution in [1.29, 1.82) is 0 Å². The molecule has 0 aliphatic heterocycles. The molecule has 2 aromatic heterocycles. The van der Waals surface area contributed by atoms with Gasteiger partial charge in [0.05, 0.1) is 6.42 Å². The van der Waals surface area contributed by atoms with Crippen molar-refractivity contribution in [2.45, 2.75) is 20.3 Å². The highest BCUT2D eigenvalue weighted by atomic mass is 32.1. The van der Waals surface area contributed by atoms with Gasteiger partial charge in [-0.05, 0) is 37.6 Å². The molecule has 4 aromatic rings. The second-order valence-corrected chi connectivity index (χ2v) is 7.82. The minimum atomic E-state index is -0.105. The van der Waals surface area contributed by atoms with Gasteiger partial charge in [-0.3, -0.25) is 10.1 Å². The number of hydrogen-bond donors (Lipinski definition) is 2. The number of nitrogens with zero attached hydrogens (tertiary/aromatic N) is 4. The quantitative estimate of drug-likeness (QED) is 0.438. The minimum absolute atomic E-state index is 0.105. The molecular weight excluding hydrogens is 412 g/mol. The molecule has 2 aromatic carbocycles. The summed E-state index contributed by atoms with van der Waals surface area (Å²) >= 11 is 1.36. The van der Waals surface area contributed by atoms with E-state index in [1.165, 1.54) is 11.3 Å². The van der Waals surface area contributed by atoms with Crippen molar-refractivity contribution in [2.24, 2.45) is 0 Å². The van der Waals surface area contributed by atoms with Crippen molar-refractivity contribution in [3.8, 4) is 11.8 Å². The number of benzene rings is 2. The van der Waals surface area contributed by atoms with Crippen molar-refractivity contribution >= 4 is 34.0 Å². The SMILES string of the molecule is Cc1nc(Nc2ncc(CC(=O)Nc3ccccc3)s2)nc(Oc2ccccc2C)n1. The van der Waals surface area contributed by atoms with E-state index in [0.717, 1.165) is 16.1 Å². The van der Waals surface area contributed by atoms with Crippen LogP contribution in [0.15, 0.2) is 60.8 Å².